The third kappa shape index (κ3) is 28.7. The number of aliphatic imine (C=N–C) groups is 4. The van der Waals surface area contributed by atoms with Gasteiger partial charge in [0.15, 0.2) is 0 Å². The van der Waals surface area contributed by atoms with Crippen LogP contribution >= 0.6 is 0 Å². The number of cyclic esters (lactones) is 2. The summed E-state index contributed by atoms with van der Waals surface area (Å²) in [5.41, 5.74) is 4.46. The zero-order valence-electron chi connectivity index (χ0n) is 66.3. The van der Waals surface area contributed by atoms with Gasteiger partial charge in [0.2, 0.25) is 23.6 Å². The fraction of sp³-hybridized carbons (Fsp3) is 0.585. The number of ether oxygens (including phenoxy) is 11. The summed E-state index contributed by atoms with van der Waals surface area (Å²) in [4.78, 5) is 156. The zero-order chi connectivity index (χ0) is 83.6. The molecule has 33 heteroatoms. The number of nitrogens with one attached hydrogen (secondary N) is 2. The van der Waals surface area contributed by atoms with E-state index in [2.05, 4.69) is 44.8 Å². The van der Waals surface area contributed by atoms with Crippen molar-refractivity contribution >= 4 is 95.1 Å². The Morgan fingerprint density at radius 2 is 0.617 bits per heavy atom. The van der Waals surface area contributed by atoms with E-state index in [1.165, 1.54) is 28.4 Å². The van der Waals surface area contributed by atoms with Crippen LogP contribution in [0, 0.1) is 59.2 Å². The average molecular weight is 1610 g/mol. The van der Waals surface area contributed by atoms with Crippen LogP contribution < -0.4 is 10.6 Å². The molecule has 10 atom stereocenters. The third-order valence-corrected chi connectivity index (χ3v) is 20.6. The smallest absolute Gasteiger partial charge is 0.317 e. The first kappa shape index (κ1) is 93.2. The van der Waals surface area contributed by atoms with E-state index in [0.29, 0.717) is 114 Å². The summed E-state index contributed by atoms with van der Waals surface area (Å²) in [5, 5.41) is 37.2. The molecule has 0 aromatic heterocycles. The highest BCUT2D eigenvalue weighted by molar-refractivity contribution is 6.02. The number of carboxylic acids is 2. The number of aliphatic hydroxyl groups excluding tert-OH is 2. The highest BCUT2D eigenvalue weighted by Crippen LogP contribution is 2.38. The van der Waals surface area contributed by atoms with E-state index in [0.717, 1.165) is 138 Å². The number of fused-ring (bicyclic) bond motifs is 1. The number of carbonyl (C=O) groups is 12. The average Bonchev–Trinajstić information content (AvgIpc) is 1.69. The van der Waals surface area contributed by atoms with E-state index >= 15 is 0 Å². The van der Waals surface area contributed by atoms with Crippen molar-refractivity contribution in [3.63, 3.8) is 0 Å². The number of carboxylic acid groups (broad SMARTS) is 2. The summed E-state index contributed by atoms with van der Waals surface area (Å²) < 4.78 is 55.6. The van der Waals surface area contributed by atoms with Crippen LogP contribution in [0.2, 0.25) is 0 Å². The Labute approximate surface area is 668 Å². The number of benzene rings is 3. The van der Waals surface area contributed by atoms with Gasteiger partial charge in [-0.2, -0.15) is 0 Å². The summed E-state index contributed by atoms with van der Waals surface area (Å²) in [7, 11) is 7.26. The molecule has 0 spiro atoms. The van der Waals surface area contributed by atoms with Crippen molar-refractivity contribution in [1.82, 2.24) is 10.6 Å². The van der Waals surface area contributed by atoms with E-state index < -0.39 is 71.2 Å². The van der Waals surface area contributed by atoms with Gasteiger partial charge in [-0.15, -0.1) is 0 Å². The summed E-state index contributed by atoms with van der Waals surface area (Å²) in [6.07, 6.45) is 16.0. The summed E-state index contributed by atoms with van der Waals surface area (Å²) >= 11 is 0. The second-order valence-electron chi connectivity index (χ2n) is 27.7. The van der Waals surface area contributed by atoms with Crippen LogP contribution in [-0.2, 0) is 100 Å². The summed E-state index contributed by atoms with van der Waals surface area (Å²) in [6.45, 7) is 5.65. The Hall–Kier alpha value is -10.7. The molecule has 6 fully saturated rings. The molecule has 2 amide bonds. The fourth-order valence-corrected chi connectivity index (χ4v) is 14.8. The maximum Gasteiger partial charge on any atom is 0.317 e. The lowest BCUT2D eigenvalue weighted by Crippen LogP contribution is -2.36. The predicted molar refractivity (Wildman–Crippen MR) is 413 cm³/mol. The molecule has 5 aliphatic carbocycles. The molecule has 10 aliphatic rings. The van der Waals surface area contributed by atoms with Gasteiger partial charge >= 0.3 is 59.7 Å². The second kappa shape index (κ2) is 50.5. The Balaban J connectivity index is 0.000000221. The molecule has 115 heavy (non-hydrogen) atoms. The van der Waals surface area contributed by atoms with Gasteiger partial charge in [0.1, 0.15) is 39.6 Å². The molecule has 0 bridgehead atoms. The SMILES string of the molecule is CO.CO.COC(=O)C1CCCCC1C(=O)O.COC(=O)C1CCCCC1C(=O)O.COC(=O)C1CCCCC1C(=O)OCCNC(=O)c1cccc(C2=NCCO2)c1.COC(=O)C1CCCCC1C(=O)OCCNC(=O)c1cccc(C2=NCCO2)c1.O=C1OC(=O)C2CCCCC12.c1cc(C2=NCCO2)cc(C2=NCCO2)c1. The Kier molecular flexibility index (Phi) is 40.9. The monoisotopic (exact) mass is 1610 g/mol. The normalized spacial score (nSPS) is 23.1. The van der Waals surface area contributed by atoms with Crippen LogP contribution in [0.25, 0.3) is 0 Å². The standard InChI is InChI=1S/2C21H26N2O6.C12H12N2O2.2C9H14O4.C8H10O3.2CH4O/c2*1-27-20(25)16-7-2-3-8-17(16)21(26)29-12-9-22-18(24)14-5-4-6-15(13-14)19-23-10-11-28-19;1-2-9(11-13-4-6-15-11)8-10(3-1)12-14-5-7-16-12;2*1-13-9(12)7-5-3-2-4-6(7)8(10)11;9-7-5-3-1-2-4-6(5)8(10)11-7;2*1-2/h2*4-6,13,16-17H,2-3,7-12H2,1H3,(H,22,24);1-3,8H,4-7H2;2*6-7H,2-5H2,1H3,(H,10,11);5-6H,1-4H2;2*2H,1H3. The first-order valence-electron chi connectivity index (χ1n) is 39.1. The van der Waals surface area contributed by atoms with Crippen molar-refractivity contribution in [2.75, 3.05) is 122 Å². The van der Waals surface area contributed by atoms with Gasteiger partial charge in [0.05, 0.1) is 127 Å². The lowest BCUT2D eigenvalue weighted by atomic mass is 9.79. The first-order valence-corrected chi connectivity index (χ1v) is 39.1. The van der Waals surface area contributed by atoms with Crippen molar-refractivity contribution < 1.29 is 130 Å². The molecule has 3 aromatic carbocycles. The van der Waals surface area contributed by atoms with Crippen LogP contribution in [-0.4, -0.2) is 237 Å². The molecular formula is C82H110N6O27. The lowest BCUT2D eigenvalue weighted by molar-refractivity contribution is -0.161. The maximum atomic E-state index is 12.4. The van der Waals surface area contributed by atoms with Gasteiger partial charge in [0, 0.05) is 47.6 Å². The highest BCUT2D eigenvalue weighted by Gasteiger charge is 2.45. The molecule has 5 aliphatic heterocycles. The number of nitrogens with zero attached hydrogens (tertiary/aromatic N) is 4. The molecule has 5 saturated carbocycles. The molecular weight excluding hydrogens is 1500 g/mol. The third-order valence-electron chi connectivity index (χ3n) is 20.6. The number of carbonyl (C=O) groups excluding carboxylic acids is 10. The van der Waals surface area contributed by atoms with Crippen molar-refractivity contribution in [3.8, 4) is 0 Å². The predicted octanol–water partition coefficient (Wildman–Crippen LogP) is 6.87. The van der Waals surface area contributed by atoms with Crippen molar-refractivity contribution in [2.45, 2.75) is 128 Å². The van der Waals surface area contributed by atoms with E-state index in [-0.39, 0.29) is 85.8 Å². The minimum absolute atomic E-state index is 0.0461. The number of esters is 8. The van der Waals surface area contributed by atoms with Gasteiger partial charge in [-0.25, -0.2) is 20.0 Å². The molecule has 10 unspecified atom stereocenters. The van der Waals surface area contributed by atoms with Crippen molar-refractivity contribution in [1.29, 1.82) is 0 Å². The molecule has 630 valence electrons. The number of hydrogen-bond acceptors (Lipinski definition) is 29. The molecule has 6 N–H and O–H groups in total. The Morgan fingerprint density at radius 1 is 0.365 bits per heavy atom. The molecule has 1 saturated heterocycles. The van der Waals surface area contributed by atoms with Crippen LogP contribution in [0.15, 0.2) is 92.8 Å². The highest BCUT2D eigenvalue weighted by atomic mass is 16.6. The van der Waals surface area contributed by atoms with E-state index in [4.69, 9.17) is 58.3 Å². The molecule has 33 nitrogen and oxygen atoms in total. The minimum atomic E-state index is -0.880. The summed E-state index contributed by atoms with van der Waals surface area (Å²) in [5.74, 6) is -6.66. The second-order valence-corrected chi connectivity index (χ2v) is 27.7. The number of hydrogen-bond donors (Lipinski definition) is 6. The number of amides is 2. The largest absolute Gasteiger partial charge is 0.481 e. The van der Waals surface area contributed by atoms with Gasteiger partial charge in [-0.3, -0.25) is 57.5 Å². The van der Waals surface area contributed by atoms with E-state index in [1.54, 1.807) is 36.4 Å². The van der Waals surface area contributed by atoms with E-state index in [9.17, 15) is 57.5 Å². The molecule has 0 radical (unpaired) electrons. The lowest BCUT2D eigenvalue weighted by Gasteiger charge is -2.27. The van der Waals surface area contributed by atoms with Crippen molar-refractivity contribution in [3.05, 3.63) is 106 Å². The van der Waals surface area contributed by atoms with Crippen LogP contribution in [0.5, 0.6) is 0 Å². The van der Waals surface area contributed by atoms with Gasteiger partial charge in [0.25, 0.3) is 11.8 Å². The van der Waals surface area contributed by atoms with Crippen LogP contribution in [0.3, 0.4) is 0 Å². The minimum Gasteiger partial charge on any atom is -0.481 e. The van der Waals surface area contributed by atoms with E-state index in [1.807, 2.05) is 36.4 Å². The van der Waals surface area contributed by atoms with Crippen molar-refractivity contribution in [2.24, 2.45) is 79.1 Å². The summed E-state index contributed by atoms with van der Waals surface area (Å²) in [6, 6.07) is 22.0. The molecule has 3 aromatic rings. The maximum absolute atomic E-state index is 12.4. The number of aliphatic hydroxyl groups is 2. The van der Waals surface area contributed by atoms with Gasteiger partial charge < -0.3 is 83.2 Å². The van der Waals surface area contributed by atoms with Crippen LogP contribution in [0.1, 0.15) is 171 Å². The Morgan fingerprint density at radius 3 is 0.887 bits per heavy atom. The topological polar surface area (TPSA) is 461 Å². The number of rotatable bonds is 20. The Bertz CT molecular complexity index is 3640. The zero-order valence-corrected chi connectivity index (χ0v) is 66.3. The van der Waals surface area contributed by atoms with Gasteiger partial charge in [-0.1, -0.05) is 82.4 Å². The molecule has 5 heterocycles. The quantitative estimate of drug-likeness (QED) is 0.0291. The van der Waals surface area contributed by atoms with Crippen LogP contribution in [0.4, 0.5) is 0 Å². The van der Waals surface area contributed by atoms with Gasteiger partial charge in [-0.05, 0) is 119 Å². The fourth-order valence-electron chi connectivity index (χ4n) is 14.8. The number of aliphatic carboxylic acids is 2. The number of methoxy groups -OCH3 is 4. The molecule has 13 rings (SSSR count). The first-order chi connectivity index (χ1) is 55.7.